The van der Waals surface area contributed by atoms with Gasteiger partial charge >= 0.3 is 0 Å². The number of ether oxygens (including phenoxy) is 3. The smallest absolute Gasteiger partial charge is 0.225 e. The fourth-order valence-electron chi connectivity index (χ4n) is 2.08. The number of benzene rings is 1. The van der Waals surface area contributed by atoms with Crippen molar-refractivity contribution in [2.45, 2.75) is 46.4 Å². The van der Waals surface area contributed by atoms with Crippen molar-refractivity contribution in [3.05, 3.63) is 48.0 Å². The lowest BCUT2D eigenvalue weighted by Crippen LogP contribution is -2.36. The number of nitrogens with one attached hydrogen (secondary N) is 1. The molecule has 1 aromatic carbocycles. The van der Waals surface area contributed by atoms with E-state index in [1.54, 1.807) is 6.26 Å². The second-order valence-corrected chi connectivity index (χ2v) is 6.98. The predicted molar refractivity (Wildman–Crippen MR) is 86.8 cm³/mol. The second kappa shape index (κ2) is 7.05. The highest BCUT2D eigenvalue weighted by Crippen LogP contribution is 2.24. The zero-order chi connectivity index (χ0) is 16.1. The number of hydrogen-bond donors (Lipinski definition) is 1. The van der Waals surface area contributed by atoms with Gasteiger partial charge < -0.3 is 19.5 Å². The molecule has 0 bridgehead atoms. The average Bonchev–Trinajstić information content (AvgIpc) is 2.82. The van der Waals surface area contributed by atoms with Gasteiger partial charge in [-0.05, 0) is 25.8 Å². The molecular formula is C18H27NO3. The minimum Gasteiger partial charge on any atom is -0.476 e. The highest BCUT2D eigenvalue weighted by Gasteiger charge is 2.27. The lowest BCUT2D eigenvalue weighted by molar-refractivity contribution is 0.0390. The first kappa shape index (κ1) is 16.7. The van der Waals surface area contributed by atoms with Crippen molar-refractivity contribution in [3.63, 3.8) is 0 Å². The Morgan fingerprint density at radius 3 is 2.55 bits per heavy atom. The molecule has 122 valence electrons. The summed E-state index contributed by atoms with van der Waals surface area (Å²) in [5.74, 6) is 0.697. The van der Waals surface area contributed by atoms with Gasteiger partial charge in [0.05, 0.1) is 13.2 Å². The van der Waals surface area contributed by atoms with E-state index >= 15 is 0 Å². The summed E-state index contributed by atoms with van der Waals surface area (Å²) < 4.78 is 17.0. The minimum absolute atomic E-state index is 0.0476. The first-order valence-corrected chi connectivity index (χ1v) is 7.77. The molecule has 0 radical (unpaired) electrons. The van der Waals surface area contributed by atoms with Gasteiger partial charge in [-0.3, -0.25) is 0 Å². The van der Waals surface area contributed by atoms with Crippen LogP contribution in [0.2, 0.25) is 0 Å². The monoisotopic (exact) mass is 305 g/mol. The van der Waals surface area contributed by atoms with Crippen LogP contribution in [0.5, 0.6) is 0 Å². The molecule has 1 aromatic rings. The molecule has 0 atom stereocenters. The van der Waals surface area contributed by atoms with Gasteiger partial charge in [0.2, 0.25) is 5.88 Å². The van der Waals surface area contributed by atoms with E-state index in [-0.39, 0.29) is 11.1 Å². The van der Waals surface area contributed by atoms with Gasteiger partial charge in [0.15, 0.2) is 5.72 Å². The van der Waals surface area contributed by atoms with Crippen molar-refractivity contribution in [2.24, 2.45) is 5.41 Å². The molecule has 0 unspecified atom stereocenters. The van der Waals surface area contributed by atoms with Crippen molar-refractivity contribution in [1.82, 2.24) is 5.32 Å². The van der Waals surface area contributed by atoms with Crippen molar-refractivity contribution in [3.8, 4) is 0 Å². The van der Waals surface area contributed by atoms with E-state index in [4.69, 9.17) is 14.2 Å². The Bertz CT molecular complexity index is 494. The summed E-state index contributed by atoms with van der Waals surface area (Å²) in [5.41, 5.74) is 0.876. The van der Waals surface area contributed by atoms with Crippen molar-refractivity contribution < 1.29 is 14.2 Å². The minimum atomic E-state index is -0.377. The lowest BCUT2D eigenvalue weighted by Gasteiger charge is -2.25. The van der Waals surface area contributed by atoms with E-state index in [2.05, 4.69) is 31.3 Å². The van der Waals surface area contributed by atoms with Crippen LogP contribution in [0.25, 0.3) is 0 Å². The molecule has 0 saturated carbocycles. The van der Waals surface area contributed by atoms with Crippen LogP contribution in [0, 0.1) is 5.41 Å². The normalized spacial score (nSPS) is 16.6. The van der Waals surface area contributed by atoms with E-state index < -0.39 is 0 Å². The molecule has 1 heterocycles. The molecule has 4 nitrogen and oxygen atoms in total. The Kier molecular flexibility index (Phi) is 5.35. The molecule has 22 heavy (non-hydrogen) atoms. The maximum absolute atomic E-state index is 5.79. The molecular weight excluding hydrogens is 278 g/mol. The zero-order valence-corrected chi connectivity index (χ0v) is 14.0. The summed E-state index contributed by atoms with van der Waals surface area (Å²) in [5, 5.41) is 3.18. The highest BCUT2D eigenvalue weighted by atomic mass is 16.6. The Labute approximate surface area is 133 Å². The zero-order valence-electron chi connectivity index (χ0n) is 14.0. The maximum atomic E-state index is 5.79. The lowest BCUT2D eigenvalue weighted by atomic mass is 9.91. The second-order valence-electron chi connectivity index (χ2n) is 6.98. The fraction of sp³-hybridized carbons (Fsp3) is 0.556. The molecule has 0 aromatic heterocycles. The Morgan fingerprint density at radius 2 is 1.91 bits per heavy atom. The molecule has 4 heteroatoms. The SMILES string of the molecule is CC(C)(CCOCc1ccccc1)COC1=COC(C)(C)N1. The molecule has 1 aliphatic rings. The number of hydrogen-bond acceptors (Lipinski definition) is 4. The van der Waals surface area contributed by atoms with E-state index in [0.717, 1.165) is 13.0 Å². The van der Waals surface area contributed by atoms with Gasteiger partial charge in [0.25, 0.3) is 0 Å². The van der Waals surface area contributed by atoms with E-state index in [9.17, 15) is 0 Å². The van der Waals surface area contributed by atoms with Crippen LogP contribution >= 0.6 is 0 Å². The summed E-state index contributed by atoms with van der Waals surface area (Å²) in [4.78, 5) is 0. The highest BCUT2D eigenvalue weighted by molar-refractivity contribution is 5.13. The summed E-state index contributed by atoms with van der Waals surface area (Å²) in [6.07, 6.45) is 2.58. The molecule has 0 amide bonds. The molecule has 0 fully saturated rings. The van der Waals surface area contributed by atoms with Gasteiger partial charge in [-0.1, -0.05) is 44.2 Å². The van der Waals surface area contributed by atoms with E-state index in [1.807, 2.05) is 32.0 Å². The van der Waals surface area contributed by atoms with Gasteiger partial charge in [0.1, 0.15) is 6.26 Å². The van der Waals surface area contributed by atoms with Crippen LogP contribution < -0.4 is 5.32 Å². The molecule has 0 spiro atoms. The standard InChI is InChI=1S/C18H27NO3/c1-17(2,14-21-16-13-22-18(3,4)19-16)10-11-20-12-15-8-6-5-7-9-15/h5-9,13,19H,10-12,14H2,1-4H3. The topological polar surface area (TPSA) is 39.7 Å². The predicted octanol–water partition coefficient (Wildman–Crippen LogP) is 3.79. The van der Waals surface area contributed by atoms with Crippen LogP contribution in [-0.2, 0) is 20.8 Å². The third kappa shape index (κ3) is 5.60. The third-order valence-corrected chi connectivity index (χ3v) is 3.54. The van der Waals surface area contributed by atoms with Crippen LogP contribution in [0.3, 0.4) is 0 Å². The Morgan fingerprint density at radius 1 is 1.18 bits per heavy atom. The van der Waals surface area contributed by atoms with Crippen LogP contribution in [-0.4, -0.2) is 18.9 Å². The van der Waals surface area contributed by atoms with Gasteiger partial charge in [-0.2, -0.15) is 0 Å². The van der Waals surface area contributed by atoms with Crippen LogP contribution in [0.15, 0.2) is 42.5 Å². The molecule has 1 aliphatic heterocycles. The Hall–Kier alpha value is -1.68. The summed E-state index contributed by atoms with van der Waals surface area (Å²) in [7, 11) is 0. The molecule has 0 saturated heterocycles. The maximum Gasteiger partial charge on any atom is 0.225 e. The van der Waals surface area contributed by atoms with E-state index in [0.29, 0.717) is 19.1 Å². The van der Waals surface area contributed by atoms with Gasteiger partial charge in [-0.25, -0.2) is 0 Å². The third-order valence-electron chi connectivity index (χ3n) is 3.54. The molecule has 1 N–H and O–H groups in total. The number of rotatable bonds is 8. The fourth-order valence-corrected chi connectivity index (χ4v) is 2.08. The average molecular weight is 305 g/mol. The summed E-state index contributed by atoms with van der Waals surface area (Å²) >= 11 is 0. The van der Waals surface area contributed by atoms with Crippen LogP contribution in [0.1, 0.15) is 39.7 Å². The quantitative estimate of drug-likeness (QED) is 0.742. The first-order valence-electron chi connectivity index (χ1n) is 7.77. The molecule has 2 rings (SSSR count). The summed E-state index contributed by atoms with van der Waals surface area (Å²) in [6, 6.07) is 10.2. The molecule has 0 aliphatic carbocycles. The van der Waals surface area contributed by atoms with Gasteiger partial charge in [0, 0.05) is 12.0 Å². The summed E-state index contributed by atoms with van der Waals surface area (Å²) in [6.45, 7) is 10.3. The Balaban J connectivity index is 1.64. The van der Waals surface area contributed by atoms with Gasteiger partial charge in [-0.15, -0.1) is 0 Å². The van der Waals surface area contributed by atoms with Crippen molar-refractivity contribution >= 4 is 0 Å². The van der Waals surface area contributed by atoms with E-state index in [1.165, 1.54) is 5.56 Å². The first-order chi connectivity index (χ1) is 10.4. The van der Waals surface area contributed by atoms with Crippen molar-refractivity contribution in [2.75, 3.05) is 13.2 Å². The van der Waals surface area contributed by atoms with Crippen LogP contribution in [0.4, 0.5) is 0 Å². The largest absolute Gasteiger partial charge is 0.476 e. The van der Waals surface area contributed by atoms with Crippen molar-refractivity contribution in [1.29, 1.82) is 0 Å².